The molecule has 2 rings (SSSR count). The summed E-state index contributed by atoms with van der Waals surface area (Å²) in [7, 11) is 0. The maximum atomic E-state index is 12.2. The van der Waals surface area contributed by atoms with Crippen LogP contribution < -0.4 is 20.7 Å². The summed E-state index contributed by atoms with van der Waals surface area (Å²) in [6, 6.07) is 12.9. The van der Waals surface area contributed by atoms with Crippen molar-refractivity contribution >= 4 is 29.3 Å². The molecule has 2 aromatic rings. The Morgan fingerprint density at radius 3 is 1.88 bits per heavy atom. The summed E-state index contributed by atoms with van der Waals surface area (Å²) in [6.45, 7) is 9.95. The van der Waals surface area contributed by atoms with Crippen LogP contribution in [0.3, 0.4) is 0 Å². The van der Waals surface area contributed by atoms with E-state index in [1.54, 1.807) is 45.0 Å². The van der Waals surface area contributed by atoms with Crippen molar-refractivity contribution < 1.29 is 23.9 Å². The molecule has 34 heavy (non-hydrogen) atoms. The third-order valence-corrected chi connectivity index (χ3v) is 4.68. The molecular weight excluding hydrogens is 434 g/mol. The molecule has 0 unspecified atom stereocenters. The molecule has 0 heterocycles. The van der Waals surface area contributed by atoms with Gasteiger partial charge in [-0.25, -0.2) is 4.79 Å². The van der Waals surface area contributed by atoms with E-state index in [0.717, 1.165) is 16.9 Å². The molecule has 0 aliphatic heterocycles. The van der Waals surface area contributed by atoms with E-state index < -0.39 is 11.7 Å². The van der Waals surface area contributed by atoms with Gasteiger partial charge in [-0.1, -0.05) is 18.2 Å². The third kappa shape index (κ3) is 9.94. The van der Waals surface area contributed by atoms with E-state index in [0.29, 0.717) is 30.8 Å². The molecule has 8 heteroatoms. The maximum Gasteiger partial charge on any atom is 0.407 e. The number of amides is 3. The number of nitrogens with one attached hydrogen (secondary N) is 3. The molecule has 0 radical (unpaired) electrons. The Balaban J connectivity index is 1.67. The molecule has 0 spiro atoms. The second-order valence-electron chi connectivity index (χ2n) is 9.03. The number of rotatable bonds is 10. The highest BCUT2D eigenvalue weighted by molar-refractivity contribution is 5.93. The van der Waals surface area contributed by atoms with Crippen LogP contribution in [0.2, 0.25) is 0 Å². The zero-order chi connectivity index (χ0) is 25.1. The highest BCUT2D eigenvalue weighted by Gasteiger charge is 2.16. The Kier molecular flexibility index (Phi) is 9.92. The van der Waals surface area contributed by atoms with Crippen LogP contribution in [0.4, 0.5) is 16.2 Å². The van der Waals surface area contributed by atoms with Gasteiger partial charge >= 0.3 is 6.09 Å². The largest absolute Gasteiger partial charge is 0.493 e. The minimum Gasteiger partial charge on any atom is -0.493 e. The average Bonchev–Trinajstić information content (AvgIpc) is 2.73. The van der Waals surface area contributed by atoms with Gasteiger partial charge in [-0.2, -0.15) is 0 Å². The fraction of sp³-hybridized carbons (Fsp3) is 0.423. The summed E-state index contributed by atoms with van der Waals surface area (Å²) in [5.74, 6) is 0.535. The van der Waals surface area contributed by atoms with Gasteiger partial charge in [0.05, 0.1) is 6.61 Å². The van der Waals surface area contributed by atoms with Crippen molar-refractivity contribution in [3.8, 4) is 5.75 Å². The van der Waals surface area contributed by atoms with Gasteiger partial charge in [-0.05, 0) is 76.4 Å². The highest BCUT2D eigenvalue weighted by Crippen LogP contribution is 2.22. The molecule has 0 saturated heterocycles. The molecule has 0 bridgehead atoms. The number of hydrogen-bond donors (Lipinski definition) is 3. The number of hydrogen-bond acceptors (Lipinski definition) is 5. The van der Waals surface area contributed by atoms with Gasteiger partial charge in [0.2, 0.25) is 11.8 Å². The lowest BCUT2D eigenvalue weighted by Crippen LogP contribution is -2.34. The lowest BCUT2D eigenvalue weighted by Gasteiger charge is -2.19. The van der Waals surface area contributed by atoms with Crippen LogP contribution in [-0.4, -0.2) is 36.7 Å². The summed E-state index contributed by atoms with van der Waals surface area (Å²) in [4.78, 5) is 35.8. The van der Waals surface area contributed by atoms with Crippen LogP contribution >= 0.6 is 0 Å². The van der Waals surface area contributed by atoms with Gasteiger partial charge < -0.3 is 25.4 Å². The van der Waals surface area contributed by atoms with Crippen molar-refractivity contribution in [3.63, 3.8) is 0 Å². The number of anilines is 2. The lowest BCUT2D eigenvalue weighted by molar-refractivity contribution is -0.117. The molecule has 0 saturated carbocycles. The molecule has 8 nitrogen and oxygen atoms in total. The summed E-state index contributed by atoms with van der Waals surface area (Å²) in [5, 5.41) is 8.13. The number of para-hydroxylation sites is 1. The van der Waals surface area contributed by atoms with Gasteiger partial charge in [0, 0.05) is 30.8 Å². The zero-order valence-corrected chi connectivity index (χ0v) is 20.6. The second kappa shape index (κ2) is 12.6. The van der Waals surface area contributed by atoms with E-state index in [4.69, 9.17) is 9.47 Å². The summed E-state index contributed by atoms with van der Waals surface area (Å²) >= 11 is 0. The van der Waals surface area contributed by atoms with Gasteiger partial charge in [0.1, 0.15) is 11.4 Å². The van der Waals surface area contributed by atoms with Crippen LogP contribution in [-0.2, 0) is 14.3 Å². The fourth-order valence-corrected chi connectivity index (χ4v) is 3.11. The molecule has 0 aromatic heterocycles. The topological polar surface area (TPSA) is 106 Å². The first-order chi connectivity index (χ1) is 16.0. The first-order valence-corrected chi connectivity index (χ1v) is 11.4. The number of benzene rings is 2. The Bertz CT molecular complexity index is 961. The molecular formula is C26H35N3O5. The van der Waals surface area contributed by atoms with E-state index in [2.05, 4.69) is 16.0 Å². The van der Waals surface area contributed by atoms with E-state index in [9.17, 15) is 14.4 Å². The molecule has 184 valence electrons. The van der Waals surface area contributed by atoms with E-state index in [1.165, 1.54) is 0 Å². The summed E-state index contributed by atoms with van der Waals surface area (Å²) in [6.07, 6.45) is 0.498. The third-order valence-electron chi connectivity index (χ3n) is 4.68. The van der Waals surface area contributed by atoms with Crippen LogP contribution in [0, 0.1) is 13.8 Å². The normalized spacial score (nSPS) is 10.9. The molecule has 3 amide bonds. The van der Waals surface area contributed by atoms with Crippen molar-refractivity contribution in [2.45, 2.75) is 59.5 Å². The zero-order valence-electron chi connectivity index (χ0n) is 20.6. The first-order valence-electron chi connectivity index (χ1n) is 11.4. The highest BCUT2D eigenvalue weighted by atomic mass is 16.6. The first kappa shape index (κ1) is 26.7. The lowest BCUT2D eigenvalue weighted by atomic mass is 10.1. The van der Waals surface area contributed by atoms with Crippen LogP contribution in [0.15, 0.2) is 42.5 Å². The molecule has 3 N–H and O–H groups in total. The van der Waals surface area contributed by atoms with Crippen LogP contribution in [0.1, 0.15) is 51.2 Å². The number of alkyl carbamates (subject to hydrolysis) is 1. The van der Waals surface area contributed by atoms with Crippen molar-refractivity contribution in [1.82, 2.24) is 5.32 Å². The van der Waals surface area contributed by atoms with Crippen LogP contribution in [0.25, 0.3) is 0 Å². The average molecular weight is 470 g/mol. The van der Waals surface area contributed by atoms with Crippen molar-refractivity contribution in [3.05, 3.63) is 53.6 Å². The van der Waals surface area contributed by atoms with E-state index in [-0.39, 0.29) is 24.8 Å². The van der Waals surface area contributed by atoms with Crippen molar-refractivity contribution in [1.29, 1.82) is 0 Å². The summed E-state index contributed by atoms with van der Waals surface area (Å²) < 4.78 is 11.0. The molecule has 0 atom stereocenters. The molecule has 0 aliphatic rings. The minimum atomic E-state index is -0.586. The van der Waals surface area contributed by atoms with Crippen LogP contribution in [0.5, 0.6) is 5.75 Å². The van der Waals surface area contributed by atoms with Gasteiger partial charge in [0.15, 0.2) is 0 Å². The predicted molar refractivity (Wildman–Crippen MR) is 133 cm³/mol. The SMILES string of the molecule is Cc1cccc(C)c1OCCCC(=O)Nc1ccc(NC(=O)CCNC(=O)OC(C)(C)C)cc1. The minimum absolute atomic E-state index is 0.102. The van der Waals surface area contributed by atoms with E-state index in [1.807, 2.05) is 32.0 Å². The number of ether oxygens (including phenoxy) is 2. The van der Waals surface area contributed by atoms with Crippen molar-refractivity contribution in [2.24, 2.45) is 0 Å². The van der Waals surface area contributed by atoms with Crippen molar-refractivity contribution in [2.75, 3.05) is 23.8 Å². The molecule has 2 aromatic carbocycles. The number of carbonyl (C=O) groups is 3. The maximum absolute atomic E-state index is 12.2. The van der Waals surface area contributed by atoms with Gasteiger partial charge in [-0.15, -0.1) is 0 Å². The quantitative estimate of drug-likeness (QED) is 0.427. The van der Waals surface area contributed by atoms with Gasteiger partial charge in [0.25, 0.3) is 0 Å². The number of aryl methyl sites for hydroxylation is 2. The Morgan fingerprint density at radius 1 is 0.824 bits per heavy atom. The Morgan fingerprint density at radius 2 is 1.35 bits per heavy atom. The second-order valence-corrected chi connectivity index (χ2v) is 9.03. The predicted octanol–water partition coefficient (Wildman–Crippen LogP) is 4.95. The van der Waals surface area contributed by atoms with Gasteiger partial charge in [-0.3, -0.25) is 9.59 Å². The smallest absolute Gasteiger partial charge is 0.407 e. The Hall–Kier alpha value is -3.55. The standard InChI is InChI=1S/C26H35N3O5/c1-18-8-6-9-19(2)24(18)33-17-7-10-22(30)28-20-11-13-21(14-12-20)29-23(31)15-16-27-25(32)34-26(3,4)5/h6,8-9,11-14H,7,10,15-17H2,1-5H3,(H,27,32)(H,28,30)(H,29,31). The Labute approximate surface area is 201 Å². The molecule has 0 aliphatic carbocycles. The monoisotopic (exact) mass is 469 g/mol. The van der Waals surface area contributed by atoms with E-state index >= 15 is 0 Å². The molecule has 0 fully saturated rings. The summed E-state index contributed by atoms with van der Waals surface area (Å²) in [5.41, 5.74) is 2.82. The number of carbonyl (C=O) groups excluding carboxylic acids is 3. The fourth-order valence-electron chi connectivity index (χ4n) is 3.11.